The van der Waals surface area contributed by atoms with Gasteiger partial charge in [-0.25, -0.2) is 4.98 Å². The highest BCUT2D eigenvalue weighted by molar-refractivity contribution is 7.93. The molecule has 0 radical (unpaired) electrons. The van der Waals surface area contributed by atoms with Crippen LogP contribution < -0.4 is 0 Å². The lowest BCUT2D eigenvalue weighted by Gasteiger charge is -1.98. The molecule has 0 fully saturated rings. The molecule has 0 spiro atoms. The molecule has 2 aromatic rings. The summed E-state index contributed by atoms with van der Waals surface area (Å²) in [5.74, 6) is 0. The van der Waals surface area contributed by atoms with Crippen LogP contribution in [0.5, 0.6) is 0 Å². The van der Waals surface area contributed by atoms with Crippen LogP contribution in [0.3, 0.4) is 0 Å². The largest absolute Gasteiger partial charge is 0.261 e. The van der Waals surface area contributed by atoms with E-state index in [4.69, 9.17) is 11.6 Å². The van der Waals surface area contributed by atoms with Gasteiger partial charge in [0.25, 0.3) is 0 Å². The van der Waals surface area contributed by atoms with Gasteiger partial charge in [0.1, 0.15) is 5.15 Å². The van der Waals surface area contributed by atoms with E-state index in [1.807, 2.05) is 13.0 Å². The molecule has 13 heavy (non-hydrogen) atoms. The Labute approximate surface area is 84.1 Å². The van der Waals surface area contributed by atoms with E-state index in [0.717, 1.165) is 16.6 Å². The fourth-order valence-corrected chi connectivity index (χ4v) is 1.90. The first-order valence-electron chi connectivity index (χ1n) is 3.65. The second-order valence-electron chi connectivity index (χ2n) is 2.68. The van der Waals surface area contributed by atoms with E-state index in [9.17, 15) is 3.89 Å². The van der Waals surface area contributed by atoms with Gasteiger partial charge in [0.15, 0.2) is 12.3 Å². The van der Waals surface area contributed by atoms with Crippen molar-refractivity contribution in [2.45, 2.75) is 6.92 Å². The summed E-state index contributed by atoms with van der Waals surface area (Å²) in [6.07, 6.45) is 1.57. The Morgan fingerprint density at radius 3 is 3.08 bits per heavy atom. The zero-order valence-corrected chi connectivity index (χ0v) is 8.36. The molecule has 0 atom stereocenters. The maximum Gasteiger partial charge on any atom is 0.170 e. The van der Waals surface area contributed by atoms with Gasteiger partial charge in [0.2, 0.25) is 0 Å². The summed E-state index contributed by atoms with van der Waals surface area (Å²) in [6, 6.07) is 3.55. The molecule has 0 aliphatic carbocycles. The standard InChI is InChI=1S/C8H6ClFN2S/c1-5-4-6-7(12(5)13-10)2-3-11-8(6)9/h2-4H,1H3. The molecule has 2 nitrogen and oxygen atoms in total. The third kappa shape index (κ3) is 1.30. The van der Waals surface area contributed by atoms with E-state index in [-0.39, 0.29) is 12.3 Å². The number of aromatic nitrogens is 2. The van der Waals surface area contributed by atoms with Crippen LogP contribution in [0.15, 0.2) is 18.3 Å². The van der Waals surface area contributed by atoms with Gasteiger partial charge >= 0.3 is 0 Å². The van der Waals surface area contributed by atoms with E-state index < -0.39 is 0 Å². The Balaban J connectivity index is 2.86. The maximum atomic E-state index is 12.5. The topological polar surface area (TPSA) is 17.8 Å². The summed E-state index contributed by atoms with van der Waals surface area (Å²) >= 11 is 6.01. The normalized spacial score (nSPS) is 11.0. The summed E-state index contributed by atoms with van der Waals surface area (Å²) in [6.45, 7) is 1.82. The Kier molecular flexibility index (Phi) is 2.17. The molecule has 2 rings (SSSR count). The van der Waals surface area contributed by atoms with Crippen molar-refractivity contribution in [3.8, 4) is 0 Å². The van der Waals surface area contributed by atoms with Crippen molar-refractivity contribution in [3.63, 3.8) is 0 Å². The van der Waals surface area contributed by atoms with Crippen molar-refractivity contribution in [2.24, 2.45) is 0 Å². The number of rotatable bonds is 1. The quantitative estimate of drug-likeness (QED) is 0.681. The predicted octanol–water partition coefficient (Wildman–Crippen LogP) is 3.38. The fraction of sp³-hybridized carbons (Fsp3) is 0.125. The first kappa shape index (κ1) is 8.84. The highest BCUT2D eigenvalue weighted by Crippen LogP contribution is 2.28. The predicted molar refractivity (Wildman–Crippen MR) is 53.6 cm³/mol. The zero-order chi connectivity index (χ0) is 9.42. The van der Waals surface area contributed by atoms with Crippen molar-refractivity contribution in [1.29, 1.82) is 0 Å². The minimum Gasteiger partial charge on any atom is -0.261 e. The number of pyridine rings is 1. The number of nitrogens with zero attached hydrogens (tertiary/aromatic N) is 2. The van der Waals surface area contributed by atoms with Crippen LogP contribution in [0.25, 0.3) is 10.9 Å². The second-order valence-corrected chi connectivity index (χ2v) is 3.54. The highest BCUT2D eigenvalue weighted by Gasteiger charge is 2.08. The number of hydrogen-bond acceptors (Lipinski definition) is 2. The van der Waals surface area contributed by atoms with Crippen molar-refractivity contribution in [2.75, 3.05) is 0 Å². The van der Waals surface area contributed by atoms with Crippen LogP contribution in [-0.2, 0) is 0 Å². The molecule has 0 amide bonds. The maximum absolute atomic E-state index is 12.5. The van der Waals surface area contributed by atoms with Crippen LogP contribution in [0, 0.1) is 6.92 Å². The first-order valence-corrected chi connectivity index (χ1v) is 4.71. The van der Waals surface area contributed by atoms with Gasteiger partial charge in [-0.05, 0) is 19.1 Å². The summed E-state index contributed by atoms with van der Waals surface area (Å²) in [4.78, 5) is 3.92. The Morgan fingerprint density at radius 1 is 1.62 bits per heavy atom. The Hall–Kier alpha value is -0.740. The average molecular weight is 217 g/mol. The summed E-state index contributed by atoms with van der Waals surface area (Å²) in [7, 11) is 0. The molecule has 2 aromatic heterocycles. The molecule has 0 aromatic carbocycles. The van der Waals surface area contributed by atoms with E-state index in [1.54, 1.807) is 12.3 Å². The number of aryl methyl sites for hydroxylation is 1. The lowest BCUT2D eigenvalue weighted by molar-refractivity contribution is 0.916. The van der Waals surface area contributed by atoms with Crippen LogP contribution in [0.4, 0.5) is 3.89 Å². The number of halogens is 2. The molecule has 2 heterocycles. The summed E-state index contributed by atoms with van der Waals surface area (Å²) in [5, 5.41) is 1.19. The molecule has 0 saturated carbocycles. The van der Waals surface area contributed by atoms with Gasteiger partial charge in [-0.2, -0.15) is 0 Å². The molecule has 0 bridgehead atoms. The van der Waals surface area contributed by atoms with Crippen molar-refractivity contribution in [3.05, 3.63) is 29.2 Å². The summed E-state index contributed by atoms with van der Waals surface area (Å²) < 4.78 is 14.0. The van der Waals surface area contributed by atoms with E-state index in [1.165, 1.54) is 3.97 Å². The smallest absolute Gasteiger partial charge is 0.170 e. The van der Waals surface area contributed by atoms with Crippen molar-refractivity contribution < 1.29 is 3.89 Å². The fourth-order valence-electron chi connectivity index (χ4n) is 1.30. The van der Waals surface area contributed by atoms with Crippen LogP contribution in [0.2, 0.25) is 5.15 Å². The van der Waals surface area contributed by atoms with E-state index >= 15 is 0 Å². The zero-order valence-electron chi connectivity index (χ0n) is 6.79. The van der Waals surface area contributed by atoms with Gasteiger partial charge in [-0.15, -0.1) is 3.89 Å². The Bertz CT molecular complexity index is 455. The molecule has 5 heteroatoms. The van der Waals surface area contributed by atoms with Gasteiger partial charge in [0, 0.05) is 17.3 Å². The van der Waals surface area contributed by atoms with E-state index in [2.05, 4.69) is 4.98 Å². The molecular formula is C8H6ClFN2S. The lowest BCUT2D eigenvalue weighted by Crippen LogP contribution is -1.85. The molecule has 0 unspecified atom stereocenters. The third-order valence-electron chi connectivity index (χ3n) is 1.88. The second kappa shape index (κ2) is 3.20. The van der Waals surface area contributed by atoms with Crippen molar-refractivity contribution >= 4 is 34.8 Å². The Morgan fingerprint density at radius 2 is 2.38 bits per heavy atom. The van der Waals surface area contributed by atoms with Gasteiger partial charge in [-0.1, -0.05) is 11.6 Å². The van der Waals surface area contributed by atoms with Crippen molar-refractivity contribution in [1.82, 2.24) is 8.96 Å². The third-order valence-corrected chi connectivity index (χ3v) is 2.80. The lowest BCUT2D eigenvalue weighted by atomic mass is 10.3. The first-order chi connectivity index (χ1) is 6.24. The number of fused-ring (bicyclic) bond motifs is 1. The SMILES string of the molecule is Cc1cc2c(Cl)nccc2n1SF. The minimum absolute atomic E-state index is 0.171. The average Bonchev–Trinajstić information content (AvgIpc) is 2.43. The minimum atomic E-state index is 0.171. The molecule has 0 N–H and O–H groups in total. The molecule has 0 aliphatic rings. The number of hydrogen-bond donors (Lipinski definition) is 0. The van der Waals surface area contributed by atoms with Gasteiger partial charge < -0.3 is 0 Å². The molecule has 0 saturated heterocycles. The van der Waals surface area contributed by atoms with Crippen LogP contribution in [-0.4, -0.2) is 8.96 Å². The molecule has 68 valence electrons. The molecule has 0 aliphatic heterocycles. The molecular weight excluding hydrogens is 211 g/mol. The highest BCUT2D eigenvalue weighted by atomic mass is 35.5. The van der Waals surface area contributed by atoms with E-state index in [0.29, 0.717) is 5.15 Å². The van der Waals surface area contributed by atoms with Crippen LogP contribution in [0.1, 0.15) is 5.69 Å². The monoisotopic (exact) mass is 216 g/mol. The van der Waals surface area contributed by atoms with Crippen LogP contribution >= 0.6 is 23.9 Å². The van der Waals surface area contributed by atoms with Gasteiger partial charge in [-0.3, -0.25) is 3.97 Å². The van der Waals surface area contributed by atoms with Gasteiger partial charge in [0.05, 0.1) is 5.52 Å². The summed E-state index contributed by atoms with van der Waals surface area (Å²) in [5.41, 5.74) is 1.57.